The summed E-state index contributed by atoms with van der Waals surface area (Å²) in [6.45, 7) is 1.49. The van der Waals surface area contributed by atoms with Crippen LogP contribution >= 0.6 is 0 Å². The summed E-state index contributed by atoms with van der Waals surface area (Å²) >= 11 is 0. The van der Waals surface area contributed by atoms with Crippen LogP contribution in [0.25, 0.3) is 0 Å². The quantitative estimate of drug-likeness (QED) is 0.791. The fourth-order valence-corrected chi connectivity index (χ4v) is 3.30. The van der Waals surface area contributed by atoms with E-state index in [0.29, 0.717) is 5.56 Å². The molecular formula is C12H14FN3O5S2. The predicted molar refractivity (Wildman–Crippen MR) is 77.4 cm³/mol. The summed E-state index contributed by atoms with van der Waals surface area (Å²) in [5.74, 6) is -0.905. The summed E-state index contributed by atoms with van der Waals surface area (Å²) in [6, 6.07) is 3.74. The van der Waals surface area contributed by atoms with Crippen molar-refractivity contribution in [3.8, 4) is 0 Å². The van der Waals surface area contributed by atoms with Crippen LogP contribution in [0.3, 0.4) is 0 Å². The van der Waals surface area contributed by atoms with E-state index in [0.717, 1.165) is 12.3 Å². The molecule has 1 aromatic heterocycles. The molecular weight excluding hydrogens is 349 g/mol. The molecule has 0 aliphatic heterocycles. The summed E-state index contributed by atoms with van der Waals surface area (Å²) in [5.41, 5.74) is 0.599. The first-order valence-corrected chi connectivity index (χ1v) is 9.75. The first-order valence-electron chi connectivity index (χ1n) is 6.38. The van der Waals surface area contributed by atoms with Crippen LogP contribution in [-0.4, -0.2) is 39.8 Å². The topological polar surface area (TPSA) is 119 Å². The molecule has 1 N–H and O–H groups in total. The smallest absolute Gasteiger partial charge is 0.335 e. The van der Waals surface area contributed by atoms with Gasteiger partial charge in [-0.1, -0.05) is 11.2 Å². The molecule has 0 saturated carbocycles. The third-order valence-corrected chi connectivity index (χ3v) is 5.05. The molecule has 0 unspecified atom stereocenters. The van der Waals surface area contributed by atoms with E-state index in [2.05, 4.69) is 14.9 Å². The Kier molecular flexibility index (Phi) is 4.82. The molecule has 0 bridgehead atoms. The minimum Gasteiger partial charge on any atom is -0.412 e. The number of aryl methyl sites for hydroxylation is 1. The third-order valence-electron chi connectivity index (χ3n) is 2.77. The average Bonchev–Trinajstić information content (AvgIpc) is 2.90. The second-order valence-electron chi connectivity index (χ2n) is 4.82. The lowest BCUT2D eigenvalue weighted by molar-refractivity contribution is 0.397. The van der Waals surface area contributed by atoms with Crippen molar-refractivity contribution >= 4 is 19.9 Å². The average molecular weight is 363 g/mol. The van der Waals surface area contributed by atoms with Gasteiger partial charge in [0.2, 0.25) is 25.8 Å². The second-order valence-corrected chi connectivity index (χ2v) is 8.44. The molecule has 1 aromatic carbocycles. The molecule has 0 saturated heterocycles. The van der Waals surface area contributed by atoms with Crippen LogP contribution in [-0.2, 0) is 26.3 Å². The number of sulfonamides is 1. The minimum atomic E-state index is -4.04. The fraction of sp³-hybridized carbons (Fsp3) is 0.333. The zero-order valence-electron chi connectivity index (χ0n) is 12.3. The fourth-order valence-electron chi connectivity index (χ4n) is 1.68. The normalized spacial score (nSPS) is 12.5. The van der Waals surface area contributed by atoms with Gasteiger partial charge in [-0.3, -0.25) is 0 Å². The van der Waals surface area contributed by atoms with Crippen LogP contribution in [0.2, 0.25) is 0 Å². The molecule has 1 heterocycles. The van der Waals surface area contributed by atoms with Gasteiger partial charge < -0.3 is 4.42 Å². The number of benzene rings is 1. The Balaban J connectivity index is 2.06. The Labute approximate surface area is 132 Å². The van der Waals surface area contributed by atoms with Crippen molar-refractivity contribution < 1.29 is 25.6 Å². The van der Waals surface area contributed by atoms with Gasteiger partial charge in [0.25, 0.3) is 0 Å². The number of aromatic nitrogens is 2. The van der Waals surface area contributed by atoms with E-state index in [9.17, 15) is 21.2 Å². The van der Waals surface area contributed by atoms with Crippen LogP contribution in [0, 0.1) is 12.7 Å². The summed E-state index contributed by atoms with van der Waals surface area (Å²) in [7, 11) is -7.66. The second kappa shape index (κ2) is 6.34. The predicted octanol–water partition coefficient (Wildman–Crippen LogP) is 0.442. The third kappa shape index (κ3) is 4.33. The molecule has 8 nitrogen and oxygen atoms in total. The highest BCUT2D eigenvalue weighted by atomic mass is 32.2. The molecule has 23 heavy (non-hydrogen) atoms. The molecule has 0 fully saturated rings. The van der Waals surface area contributed by atoms with Gasteiger partial charge in [0.1, 0.15) is 10.7 Å². The summed E-state index contributed by atoms with van der Waals surface area (Å²) in [4.78, 5) is -0.458. The van der Waals surface area contributed by atoms with Gasteiger partial charge in [0, 0.05) is 19.2 Å². The molecule has 0 atom stereocenters. The lowest BCUT2D eigenvalue weighted by Gasteiger charge is -2.07. The highest BCUT2D eigenvalue weighted by Crippen LogP contribution is 2.16. The molecule has 0 radical (unpaired) electrons. The number of hydrogen-bond acceptors (Lipinski definition) is 7. The molecule has 126 valence electrons. The van der Waals surface area contributed by atoms with Crippen molar-refractivity contribution in [3.63, 3.8) is 0 Å². The number of sulfone groups is 1. The SMILES string of the molecule is Cc1ccc(F)c(S(=O)(=O)NCCc2nnc(S(C)(=O)=O)o2)c1. The molecule has 0 spiro atoms. The summed E-state index contributed by atoms with van der Waals surface area (Å²) < 4.78 is 67.2. The van der Waals surface area contributed by atoms with Crippen molar-refractivity contribution in [2.75, 3.05) is 12.8 Å². The van der Waals surface area contributed by atoms with E-state index in [-0.39, 0.29) is 18.9 Å². The van der Waals surface area contributed by atoms with Crippen molar-refractivity contribution in [1.82, 2.24) is 14.9 Å². The molecule has 2 aromatic rings. The van der Waals surface area contributed by atoms with Crippen molar-refractivity contribution in [1.29, 1.82) is 0 Å². The number of rotatable bonds is 6. The molecule has 2 rings (SSSR count). The van der Waals surface area contributed by atoms with E-state index in [1.807, 2.05) is 0 Å². The van der Waals surface area contributed by atoms with Crippen LogP contribution in [0.4, 0.5) is 4.39 Å². The number of nitrogens with zero attached hydrogens (tertiary/aromatic N) is 2. The van der Waals surface area contributed by atoms with E-state index >= 15 is 0 Å². The zero-order chi connectivity index (χ0) is 17.3. The van der Waals surface area contributed by atoms with Gasteiger partial charge in [0.05, 0.1) is 0 Å². The number of nitrogens with one attached hydrogen (secondary N) is 1. The van der Waals surface area contributed by atoms with E-state index in [4.69, 9.17) is 4.42 Å². The minimum absolute atomic E-state index is 0.0326. The van der Waals surface area contributed by atoms with Gasteiger partial charge in [-0.05, 0) is 24.6 Å². The van der Waals surface area contributed by atoms with Gasteiger partial charge >= 0.3 is 5.22 Å². The Morgan fingerprint density at radius 2 is 1.91 bits per heavy atom. The Hall–Kier alpha value is -1.85. The maximum absolute atomic E-state index is 13.6. The highest BCUT2D eigenvalue weighted by Gasteiger charge is 2.20. The highest BCUT2D eigenvalue weighted by molar-refractivity contribution is 7.90. The van der Waals surface area contributed by atoms with Gasteiger partial charge in [-0.15, -0.1) is 5.10 Å². The van der Waals surface area contributed by atoms with Crippen LogP contribution in [0.15, 0.2) is 32.7 Å². The lowest BCUT2D eigenvalue weighted by Crippen LogP contribution is -2.27. The van der Waals surface area contributed by atoms with Crippen LogP contribution in [0.1, 0.15) is 11.5 Å². The first kappa shape index (κ1) is 17.5. The molecule has 0 aliphatic carbocycles. The molecule has 0 amide bonds. The monoisotopic (exact) mass is 363 g/mol. The largest absolute Gasteiger partial charge is 0.412 e. The van der Waals surface area contributed by atoms with Gasteiger partial charge in [-0.25, -0.2) is 25.9 Å². The first-order chi connectivity index (χ1) is 10.6. The molecule has 11 heteroatoms. The standard InChI is InChI=1S/C12H14FN3O5S2/c1-8-3-4-9(13)10(7-8)23(19,20)14-6-5-11-15-16-12(21-11)22(2,17)18/h3-4,7,14H,5-6H2,1-2H3. The summed E-state index contributed by atoms with van der Waals surface area (Å²) in [6.07, 6.45) is 0.878. The van der Waals surface area contributed by atoms with Gasteiger partial charge in [0.15, 0.2) is 0 Å². The maximum Gasteiger partial charge on any atom is 0.335 e. The number of hydrogen-bond donors (Lipinski definition) is 1. The van der Waals surface area contributed by atoms with Crippen LogP contribution < -0.4 is 4.72 Å². The number of halogens is 1. The van der Waals surface area contributed by atoms with Gasteiger partial charge in [-0.2, -0.15) is 0 Å². The Morgan fingerprint density at radius 3 is 2.52 bits per heavy atom. The Morgan fingerprint density at radius 1 is 1.22 bits per heavy atom. The zero-order valence-corrected chi connectivity index (χ0v) is 13.9. The lowest BCUT2D eigenvalue weighted by atomic mass is 10.2. The maximum atomic E-state index is 13.6. The van der Waals surface area contributed by atoms with E-state index in [1.54, 1.807) is 6.92 Å². The van der Waals surface area contributed by atoms with E-state index < -0.39 is 35.8 Å². The van der Waals surface area contributed by atoms with E-state index in [1.165, 1.54) is 12.1 Å². The summed E-state index contributed by atoms with van der Waals surface area (Å²) in [5, 5.41) is 6.30. The van der Waals surface area contributed by atoms with Crippen LogP contribution in [0.5, 0.6) is 0 Å². The molecule has 0 aliphatic rings. The van der Waals surface area contributed by atoms with Crippen molar-refractivity contribution in [3.05, 3.63) is 35.5 Å². The van der Waals surface area contributed by atoms with Crippen molar-refractivity contribution in [2.24, 2.45) is 0 Å². The van der Waals surface area contributed by atoms with Crippen molar-refractivity contribution in [2.45, 2.75) is 23.5 Å². The Bertz CT molecular complexity index is 922.